The van der Waals surface area contributed by atoms with Gasteiger partial charge in [-0.15, -0.1) is 0 Å². The van der Waals surface area contributed by atoms with Crippen LogP contribution in [0.2, 0.25) is 0 Å². The maximum Gasteiger partial charge on any atom is 0.125 e. The van der Waals surface area contributed by atoms with E-state index in [9.17, 15) is 0 Å². The fourth-order valence-corrected chi connectivity index (χ4v) is 2.16. The van der Waals surface area contributed by atoms with Crippen molar-refractivity contribution in [3.05, 3.63) is 59.3 Å². The minimum Gasteiger partial charge on any atom is -0.370 e. The number of hydrogen-bond acceptors (Lipinski definition) is 2. The Morgan fingerprint density at radius 3 is 2.40 bits per heavy atom. The smallest absolute Gasteiger partial charge is 0.125 e. The normalized spacial score (nSPS) is 11.4. The number of aromatic nitrogens is 1. The van der Waals surface area contributed by atoms with Gasteiger partial charge in [-0.05, 0) is 41.5 Å². The first kappa shape index (κ1) is 14.6. The van der Waals surface area contributed by atoms with Crippen LogP contribution in [0.4, 0.5) is 5.82 Å². The Kier molecular flexibility index (Phi) is 4.43. The van der Waals surface area contributed by atoms with Crippen LogP contribution in [0.15, 0.2) is 42.6 Å². The molecule has 2 heteroatoms. The summed E-state index contributed by atoms with van der Waals surface area (Å²) in [4.78, 5) is 4.49. The molecule has 0 aliphatic rings. The molecule has 1 aromatic heterocycles. The first-order chi connectivity index (χ1) is 9.47. The molecule has 0 saturated carbocycles. The summed E-state index contributed by atoms with van der Waals surface area (Å²) in [6, 6.07) is 12.7. The highest BCUT2D eigenvalue weighted by Crippen LogP contribution is 2.21. The average molecular weight is 268 g/mol. The highest BCUT2D eigenvalue weighted by Gasteiger charge is 2.13. The summed E-state index contributed by atoms with van der Waals surface area (Å²) in [6.45, 7) is 9.68. The quantitative estimate of drug-likeness (QED) is 0.892. The summed E-state index contributed by atoms with van der Waals surface area (Å²) >= 11 is 0. The zero-order chi connectivity index (χ0) is 14.6. The number of pyridine rings is 1. The number of rotatable bonds is 4. The maximum atomic E-state index is 4.49. The summed E-state index contributed by atoms with van der Waals surface area (Å²) in [5, 5.41) is 3.39. The predicted molar refractivity (Wildman–Crippen MR) is 86.3 cm³/mol. The van der Waals surface area contributed by atoms with Gasteiger partial charge in [0.05, 0.1) is 0 Å². The molecule has 0 amide bonds. The first-order valence-electron chi connectivity index (χ1n) is 7.22. The minimum absolute atomic E-state index is 0.159. The molecular formula is C18H24N2. The van der Waals surface area contributed by atoms with Gasteiger partial charge in [-0.1, -0.05) is 51.1 Å². The molecule has 0 saturated heterocycles. The van der Waals surface area contributed by atoms with Crippen molar-refractivity contribution in [3.63, 3.8) is 0 Å². The van der Waals surface area contributed by atoms with Crippen LogP contribution in [-0.4, -0.2) is 11.5 Å². The second-order valence-corrected chi connectivity index (χ2v) is 6.29. The van der Waals surface area contributed by atoms with E-state index in [1.54, 1.807) is 0 Å². The Hall–Kier alpha value is -1.83. The van der Waals surface area contributed by atoms with Crippen LogP contribution in [0.25, 0.3) is 0 Å². The third-order valence-corrected chi connectivity index (χ3v) is 3.59. The number of hydrogen-bond donors (Lipinski definition) is 1. The standard InChI is InChI=1S/C18H24N2/c1-14-7-5-6-8-15(14)11-12-19-17-10-9-16(13-20-17)18(2,3)4/h5-10,13H,11-12H2,1-4H3,(H,19,20). The van der Waals surface area contributed by atoms with E-state index in [0.717, 1.165) is 18.8 Å². The van der Waals surface area contributed by atoms with E-state index >= 15 is 0 Å². The molecule has 20 heavy (non-hydrogen) atoms. The van der Waals surface area contributed by atoms with Gasteiger partial charge in [-0.2, -0.15) is 0 Å². The fourth-order valence-electron chi connectivity index (χ4n) is 2.16. The van der Waals surface area contributed by atoms with Crippen molar-refractivity contribution in [2.45, 2.75) is 39.5 Å². The number of benzene rings is 1. The Bertz CT molecular complexity index is 550. The highest BCUT2D eigenvalue weighted by molar-refractivity contribution is 5.37. The van der Waals surface area contributed by atoms with Gasteiger partial charge in [0.1, 0.15) is 5.82 Å². The summed E-state index contributed by atoms with van der Waals surface area (Å²) in [7, 11) is 0. The van der Waals surface area contributed by atoms with Crippen LogP contribution >= 0.6 is 0 Å². The molecule has 2 nitrogen and oxygen atoms in total. The first-order valence-corrected chi connectivity index (χ1v) is 7.22. The van der Waals surface area contributed by atoms with Gasteiger partial charge >= 0.3 is 0 Å². The molecule has 0 bridgehead atoms. The lowest BCUT2D eigenvalue weighted by molar-refractivity contribution is 0.587. The topological polar surface area (TPSA) is 24.9 Å². The van der Waals surface area contributed by atoms with E-state index in [1.165, 1.54) is 16.7 Å². The predicted octanol–water partition coefficient (Wildman–Crippen LogP) is 4.34. The van der Waals surface area contributed by atoms with E-state index < -0.39 is 0 Å². The second kappa shape index (κ2) is 6.08. The van der Waals surface area contributed by atoms with Crippen LogP contribution in [0.1, 0.15) is 37.5 Å². The van der Waals surface area contributed by atoms with E-state index in [0.29, 0.717) is 0 Å². The lowest BCUT2D eigenvalue weighted by atomic mass is 9.88. The summed E-state index contributed by atoms with van der Waals surface area (Å²) < 4.78 is 0. The monoisotopic (exact) mass is 268 g/mol. The molecule has 2 rings (SSSR count). The lowest BCUT2D eigenvalue weighted by Crippen LogP contribution is -2.12. The van der Waals surface area contributed by atoms with Crippen molar-refractivity contribution in [3.8, 4) is 0 Å². The molecule has 1 N–H and O–H groups in total. The molecule has 0 atom stereocenters. The summed E-state index contributed by atoms with van der Waals surface area (Å²) in [5.74, 6) is 0.951. The van der Waals surface area contributed by atoms with Gasteiger partial charge in [0.15, 0.2) is 0 Å². The van der Waals surface area contributed by atoms with Crippen LogP contribution < -0.4 is 5.32 Å². The number of nitrogens with one attached hydrogen (secondary N) is 1. The van der Waals surface area contributed by atoms with Gasteiger partial charge in [0.2, 0.25) is 0 Å². The molecule has 106 valence electrons. The Labute approximate surface area is 122 Å². The zero-order valence-corrected chi connectivity index (χ0v) is 12.9. The summed E-state index contributed by atoms with van der Waals surface area (Å²) in [6.07, 6.45) is 2.99. The molecule has 0 radical (unpaired) electrons. The van der Waals surface area contributed by atoms with Gasteiger partial charge in [0, 0.05) is 12.7 Å². The van der Waals surface area contributed by atoms with Crippen LogP contribution in [0, 0.1) is 6.92 Å². The maximum absolute atomic E-state index is 4.49. The van der Waals surface area contributed by atoms with Crippen molar-refractivity contribution in [1.29, 1.82) is 0 Å². The zero-order valence-electron chi connectivity index (χ0n) is 12.9. The molecule has 0 spiro atoms. The van der Waals surface area contributed by atoms with Gasteiger partial charge in [0.25, 0.3) is 0 Å². The van der Waals surface area contributed by atoms with Gasteiger partial charge < -0.3 is 5.32 Å². The Morgan fingerprint density at radius 2 is 1.80 bits per heavy atom. The molecule has 2 aromatic rings. The van der Waals surface area contributed by atoms with Gasteiger partial charge in [-0.3, -0.25) is 0 Å². The third kappa shape index (κ3) is 3.83. The molecule has 1 aromatic carbocycles. The van der Waals surface area contributed by atoms with Crippen LogP contribution in [0.5, 0.6) is 0 Å². The largest absolute Gasteiger partial charge is 0.370 e. The van der Waals surface area contributed by atoms with E-state index in [2.05, 4.69) is 74.4 Å². The van der Waals surface area contributed by atoms with Crippen molar-refractivity contribution in [1.82, 2.24) is 4.98 Å². The third-order valence-electron chi connectivity index (χ3n) is 3.59. The van der Waals surface area contributed by atoms with Gasteiger partial charge in [-0.25, -0.2) is 4.98 Å². The van der Waals surface area contributed by atoms with Crippen LogP contribution in [-0.2, 0) is 11.8 Å². The number of anilines is 1. The van der Waals surface area contributed by atoms with E-state index in [4.69, 9.17) is 0 Å². The lowest BCUT2D eigenvalue weighted by Gasteiger charge is -2.18. The highest BCUT2D eigenvalue weighted by atomic mass is 15.0. The van der Waals surface area contributed by atoms with Crippen LogP contribution in [0.3, 0.4) is 0 Å². The second-order valence-electron chi connectivity index (χ2n) is 6.29. The molecule has 1 heterocycles. The number of nitrogens with zero attached hydrogens (tertiary/aromatic N) is 1. The van der Waals surface area contributed by atoms with Crippen molar-refractivity contribution >= 4 is 5.82 Å². The van der Waals surface area contributed by atoms with Crippen molar-refractivity contribution in [2.24, 2.45) is 0 Å². The Morgan fingerprint density at radius 1 is 1.05 bits per heavy atom. The minimum atomic E-state index is 0.159. The number of aryl methyl sites for hydroxylation is 1. The van der Waals surface area contributed by atoms with E-state index in [-0.39, 0.29) is 5.41 Å². The van der Waals surface area contributed by atoms with Crippen molar-refractivity contribution in [2.75, 3.05) is 11.9 Å². The summed E-state index contributed by atoms with van der Waals surface area (Å²) in [5.41, 5.74) is 4.17. The van der Waals surface area contributed by atoms with E-state index in [1.807, 2.05) is 6.20 Å². The molecule has 0 unspecified atom stereocenters. The molecule has 0 aliphatic heterocycles. The molecular weight excluding hydrogens is 244 g/mol. The Balaban J connectivity index is 1.90. The fraction of sp³-hybridized carbons (Fsp3) is 0.389. The molecule has 0 aliphatic carbocycles. The SMILES string of the molecule is Cc1ccccc1CCNc1ccc(C(C)(C)C)cn1. The van der Waals surface area contributed by atoms with Crippen molar-refractivity contribution < 1.29 is 0 Å². The molecule has 0 fully saturated rings. The average Bonchev–Trinajstić information content (AvgIpc) is 2.40.